The highest BCUT2D eigenvalue weighted by molar-refractivity contribution is 7.80. The largest absolute Gasteiger partial charge is 0.352 e. The van der Waals surface area contributed by atoms with Crippen LogP contribution in [0.25, 0.3) is 0 Å². The lowest BCUT2D eigenvalue weighted by atomic mass is 10.1. The highest BCUT2D eigenvalue weighted by Crippen LogP contribution is 2.34. The predicted molar refractivity (Wildman–Crippen MR) is 71.0 cm³/mol. The van der Waals surface area contributed by atoms with Gasteiger partial charge in [0.15, 0.2) is 0 Å². The third-order valence-electron chi connectivity index (χ3n) is 3.03. The summed E-state index contributed by atoms with van der Waals surface area (Å²) in [4.78, 5) is 22.8. The summed E-state index contributed by atoms with van der Waals surface area (Å²) in [7, 11) is 0. The van der Waals surface area contributed by atoms with Crippen LogP contribution in [0.3, 0.4) is 0 Å². The Labute approximate surface area is 108 Å². The van der Waals surface area contributed by atoms with Gasteiger partial charge in [0.25, 0.3) is 0 Å². The van der Waals surface area contributed by atoms with Gasteiger partial charge in [-0.25, -0.2) is 0 Å². The zero-order valence-corrected chi connectivity index (χ0v) is 11.4. The number of thiol groups is 1. The fraction of sp³-hybridized carbons (Fsp3) is 0.833. The van der Waals surface area contributed by atoms with E-state index in [2.05, 4.69) is 30.2 Å². The van der Waals surface area contributed by atoms with Crippen LogP contribution < -0.4 is 10.6 Å². The maximum absolute atomic E-state index is 11.9. The van der Waals surface area contributed by atoms with Gasteiger partial charge < -0.3 is 10.6 Å². The van der Waals surface area contributed by atoms with Gasteiger partial charge in [-0.05, 0) is 18.8 Å². The summed E-state index contributed by atoms with van der Waals surface area (Å²) in [5.41, 5.74) is 0. The molecule has 0 aromatic rings. The molecule has 0 aromatic carbocycles. The first-order chi connectivity index (χ1) is 8.06. The maximum atomic E-state index is 11.9. The van der Waals surface area contributed by atoms with Crippen LogP contribution in [0.5, 0.6) is 0 Å². The van der Waals surface area contributed by atoms with Crippen LogP contribution in [0, 0.1) is 5.92 Å². The van der Waals surface area contributed by atoms with Crippen LogP contribution >= 0.6 is 12.6 Å². The minimum absolute atomic E-state index is 0.123. The van der Waals surface area contributed by atoms with E-state index in [1.807, 2.05) is 0 Å². The lowest BCUT2D eigenvalue weighted by molar-refractivity contribution is -0.128. The molecule has 2 amide bonds. The zero-order chi connectivity index (χ0) is 12.8. The Morgan fingerprint density at radius 2 is 2.00 bits per heavy atom. The summed E-state index contributed by atoms with van der Waals surface area (Å²) in [6.07, 6.45) is 4.56. The SMILES string of the molecule is CCC(CC1CC1)NC(=O)C(CS)NC(C)=O. The molecule has 5 heteroatoms. The van der Waals surface area contributed by atoms with Crippen molar-refractivity contribution in [2.75, 3.05) is 5.75 Å². The van der Waals surface area contributed by atoms with E-state index in [0.29, 0.717) is 5.75 Å². The minimum atomic E-state index is -0.524. The molecule has 0 heterocycles. The number of amides is 2. The fourth-order valence-electron chi connectivity index (χ4n) is 1.82. The number of rotatable bonds is 7. The van der Waals surface area contributed by atoms with Crippen molar-refractivity contribution in [1.29, 1.82) is 0 Å². The monoisotopic (exact) mass is 258 g/mol. The summed E-state index contributed by atoms with van der Waals surface area (Å²) in [6.45, 7) is 3.48. The molecule has 98 valence electrons. The average Bonchev–Trinajstić information content (AvgIpc) is 3.08. The highest BCUT2D eigenvalue weighted by atomic mass is 32.1. The Balaban J connectivity index is 2.39. The summed E-state index contributed by atoms with van der Waals surface area (Å²) >= 11 is 4.09. The molecule has 0 saturated heterocycles. The van der Waals surface area contributed by atoms with Crippen molar-refractivity contribution in [3.8, 4) is 0 Å². The molecule has 4 nitrogen and oxygen atoms in total. The molecule has 0 aliphatic heterocycles. The van der Waals surface area contributed by atoms with Gasteiger partial charge in [0.1, 0.15) is 6.04 Å². The van der Waals surface area contributed by atoms with Gasteiger partial charge in [-0.2, -0.15) is 12.6 Å². The fourth-order valence-corrected chi connectivity index (χ4v) is 2.08. The molecule has 2 N–H and O–H groups in total. The van der Waals surface area contributed by atoms with E-state index >= 15 is 0 Å². The molecule has 1 rings (SSSR count). The first-order valence-corrected chi connectivity index (χ1v) is 6.88. The molecule has 1 saturated carbocycles. The maximum Gasteiger partial charge on any atom is 0.243 e. The van der Waals surface area contributed by atoms with Crippen molar-refractivity contribution in [3.05, 3.63) is 0 Å². The van der Waals surface area contributed by atoms with Crippen molar-refractivity contribution in [2.45, 2.75) is 51.6 Å². The van der Waals surface area contributed by atoms with E-state index in [1.54, 1.807) is 0 Å². The quantitative estimate of drug-likeness (QED) is 0.599. The highest BCUT2D eigenvalue weighted by Gasteiger charge is 2.27. The molecular formula is C12H22N2O2S. The Hall–Kier alpha value is -0.710. The first kappa shape index (κ1) is 14.4. The molecule has 2 atom stereocenters. The number of hydrogen-bond donors (Lipinski definition) is 3. The van der Waals surface area contributed by atoms with E-state index in [-0.39, 0.29) is 17.9 Å². The van der Waals surface area contributed by atoms with E-state index in [9.17, 15) is 9.59 Å². The second-order valence-corrected chi connectivity index (χ2v) is 5.09. The van der Waals surface area contributed by atoms with E-state index in [4.69, 9.17) is 0 Å². The van der Waals surface area contributed by atoms with Crippen LogP contribution in [0.4, 0.5) is 0 Å². The molecule has 0 spiro atoms. The number of carbonyl (C=O) groups excluding carboxylic acids is 2. The molecule has 1 fully saturated rings. The summed E-state index contributed by atoms with van der Waals surface area (Å²) in [5.74, 6) is 0.790. The molecule has 0 bridgehead atoms. The van der Waals surface area contributed by atoms with Crippen molar-refractivity contribution in [1.82, 2.24) is 10.6 Å². The predicted octanol–water partition coefficient (Wildman–Crippen LogP) is 1.12. The molecule has 17 heavy (non-hydrogen) atoms. The number of hydrogen-bond acceptors (Lipinski definition) is 3. The van der Waals surface area contributed by atoms with Crippen LogP contribution in [0.15, 0.2) is 0 Å². The number of nitrogens with one attached hydrogen (secondary N) is 2. The Morgan fingerprint density at radius 3 is 2.41 bits per heavy atom. The second kappa shape index (κ2) is 6.89. The van der Waals surface area contributed by atoms with Crippen molar-refractivity contribution in [3.63, 3.8) is 0 Å². The smallest absolute Gasteiger partial charge is 0.243 e. The Kier molecular flexibility index (Phi) is 5.82. The van der Waals surface area contributed by atoms with E-state index < -0.39 is 6.04 Å². The summed E-state index contributed by atoms with van der Waals surface area (Å²) in [6, 6.07) is -0.296. The van der Waals surface area contributed by atoms with Gasteiger partial charge >= 0.3 is 0 Å². The molecular weight excluding hydrogens is 236 g/mol. The van der Waals surface area contributed by atoms with Crippen LogP contribution in [0.1, 0.15) is 39.5 Å². The third-order valence-corrected chi connectivity index (χ3v) is 3.40. The molecule has 2 unspecified atom stereocenters. The lowest BCUT2D eigenvalue weighted by Crippen LogP contribution is -2.50. The van der Waals surface area contributed by atoms with Gasteiger partial charge in [-0.1, -0.05) is 19.8 Å². The number of carbonyl (C=O) groups is 2. The van der Waals surface area contributed by atoms with Crippen LogP contribution in [-0.4, -0.2) is 29.7 Å². The van der Waals surface area contributed by atoms with Gasteiger partial charge in [-0.15, -0.1) is 0 Å². The van der Waals surface area contributed by atoms with Crippen molar-refractivity contribution >= 4 is 24.4 Å². The first-order valence-electron chi connectivity index (χ1n) is 6.25. The zero-order valence-electron chi connectivity index (χ0n) is 10.5. The van der Waals surface area contributed by atoms with Crippen molar-refractivity contribution in [2.24, 2.45) is 5.92 Å². The van der Waals surface area contributed by atoms with Crippen molar-refractivity contribution < 1.29 is 9.59 Å². The van der Waals surface area contributed by atoms with Crippen LogP contribution in [0.2, 0.25) is 0 Å². The Morgan fingerprint density at radius 1 is 1.35 bits per heavy atom. The average molecular weight is 258 g/mol. The molecule has 0 radical (unpaired) electrons. The molecule has 1 aliphatic rings. The third kappa shape index (κ3) is 5.44. The van der Waals surface area contributed by atoms with Gasteiger partial charge in [0.05, 0.1) is 0 Å². The Bertz CT molecular complexity index is 280. The molecule has 1 aliphatic carbocycles. The van der Waals surface area contributed by atoms with Gasteiger partial charge in [0, 0.05) is 18.7 Å². The summed E-state index contributed by atoms with van der Waals surface area (Å²) < 4.78 is 0. The van der Waals surface area contributed by atoms with E-state index in [0.717, 1.165) is 18.8 Å². The topological polar surface area (TPSA) is 58.2 Å². The van der Waals surface area contributed by atoms with Crippen LogP contribution in [-0.2, 0) is 9.59 Å². The summed E-state index contributed by atoms with van der Waals surface area (Å²) in [5, 5.41) is 5.59. The van der Waals surface area contributed by atoms with Gasteiger partial charge in [0.2, 0.25) is 11.8 Å². The van der Waals surface area contributed by atoms with Gasteiger partial charge in [-0.3, -0.25) is 9.59 Å². The standard InChI is InChI=1S/C12H22N2O2S/c1-3-10(6-9-4-5-9)14-12(16)11(7-17)13-8(2)15/h9-11,17H,3-7H2,1-2H3,(H,13,15)(H,14,16). The molecule has 0 aromatic heterocycles. The van der Waals surface area contributed by atoms with E-state index in [1.165, 1.54) is 19.8 Å². The normalized spacial score (nSPS) is 18.3. The second-order valence-electron chi connectivity index (χ2n) is 4.73. The minimum Gasteiger partial charge on any atom is -0.352 e. The lowest BCUT2D eigenvalue weighted by Gasteiger charge is -2.21.